The van der Waals surface area contributed by atoms with Crippen LogP contribution in [0, 0.1) is 0 Å². The third-order valence-corrected chi connectivity index (χ3v) is 4.01. The summed E-state index contributed by atoms with van der Waals surface area (Å²) in [5, 5.41) is 4.02. The molecule has 0 aliphatic carbocycles. The van der Waals surface area contributed by atoms with Crippen LogP contribution in [0.2, 0.25) is 0 Å². The maximum absolute atomic E-state index is 12.5. The summed E-state index contributed by atoms with van der Waals surface area (Å²) in [7, 11) is 0. The molecule has 4 heteroatoms. The Morgan fingerprint density at radius 2 is 2.05 bits per heavy atom. The molecule has 0 saturated heterocycles. The van der Waals surface area contributed by atoms with E-state index in [1.807, 2.05) is 59.8 Å². The first-order chi connectivity index (χ1) is 9.58. The Bertz CT molecular complexity index is 564. The number of nitrogens with zero attached hydrogens (tertiary/aromatic N) is 1. The van der Waals surface area contributed by atoms with Gasteiger partial charge in [-0.15, -0.1) is 0 Å². The minimum Gasteiger partial charge on any atom is -0.398 e. The summed E-state index contributed by atoms with van der Waals surface area (Å²) in [5.41, 5.74) is 8.78. The average Bonchev–Trinajstić information content (AvgIpc) is 2.90. The Hall–Kier alpha value is -1.81. The number of anilines is 1. The van der Waals surface area contributed by atoms with Crippen molar-refractivity contribution in [3.05, 3.63) is 52.2 Å². The minimum atomic E-state index is 0.140. The fraction of sp³-hybridized carbons (Fsp3) is 0.312. The van der Waals surface area contributed by atoms with Crippen molar-refractivity contribution in [3.8, 4) is 0 Å². The predicted molar refractivity (Wildman–Crippen MR) is 84.6 cm³/mol. The number of para-hydroxylation sites is 1. The Morgan fingerprint density at radius 1 is 1.30 bits per heavy atom. The van der Waals surface area contributed by atoms with Gasteiger partial charge in [0.1, 0.15) is 0 Å². The van der Waals surface area contributed by atoms with Crippen LogP contribution in [0.1, 0.15) is 25.0 Å². The fourth-order valence-corrected chi connectivity index (χ4v) is 2.76. The van der Waals surface area contributed by atoms with Gasteiger partial charge < -0.3 is 10.6 Å². The van der Waals surface area contributed by atoms with E-state index >= 15 is 0 Å². The van der Waals surface area contributed by atoms with Crippen molar-refractivity contribution in [1.82, 2.24) is 4.90 Å². The molecule has 0 spiro atoms. The Morgan fingerprint density at radius 3 is 2.65 bits per heavy atom. The lowest BCUT2D eigenvalue weighted by Gasteiger charge is -2.27. The zero-order valence-electron chi connectivity index (χ0n) is 11.9. The van der Waals surface area contributed by atoms with Crippen molar-refractivity contribution in [2.75, 3.05) is 5.73 Å². The van der Waals surface area contributed by atoms with Gasteiger partial charge in [-0.05, 0) is 47.9 Å². The maximum Gasteiger partial charge on any atom is 0.227 e. The summed E-state index contributed by atoms with van der Waals surface area (Å²) in [6.07, 6.45) is 0.453. The van der Waals surface area contributed by atoms with Crippen LogP contribution in [-0.2, 0) is 17.8 Å². The molecule has 0 atom stereocenters. The molecule has 0 unspecified atom stereocenters. The summed E-state index contributed by atoms with van der Waals surface area (Å²) in [6.45, 7) is 4.63. The SMILES string of the molecule is CC(C)N(Cc1ccccc1N)C(=O)Cc1ccsc1. The van der Waals surface area contributed by atoms with E-state index in [9.17, 15) is 4.79 Å². The van der Waals surface area contributed by atoms with E-state index in [4.69, 9.17) is 5.73 Å². The monoisotopic (exact) mass is 288 g/mol. The van der Waals surface area contributed by atoms with Crippen LogP contribution in [-0.4, -0.2) is 16.8 Å². The van der Waals surface area contributed by atoms with Crippen LogP contribution in [0.3, 0.4) is 0 Å². The van der Waals surface area contributed by atoms with Gasteiger partial charge in [0, 0.05) is 18.3 Å². The molecule has 2 rings (SSSR count). The molecule has 0 aliphatic heterocycles. The van der Waals surface area contributed by atoms with E-state index in [-0.39, 0.29) is 11.9 Å². The molecule has 2 N–H and O–H groups in total. The Kier molecular flexibility index (Phi) is 4.79. The first-order valence-electron chi connectivity index (χ1n) is 6.72. The van der Waals surface area contributed by atoms with Crippen LogP contribution < -0.4 is 5.73 Å². The van der Waals surface area contributed by atoms with E-state index in [1.54, 1.807) is 11.3 Å². The van der Waals surface area contributed by atoms with Crippen molar-refractivity contribution in [1.29, 1.82) is 0 Å². The number of thiophene rings is 1. The number of carbonyl (C=O) groups is 1. The molecule has 0 fully saturated rings. The molecule has 0 saturated carbocycles. The van der Waals surface area contributed by atoms with Crippen molar-refractivity contribution in [2.24, 2.45) is 0 Å². The van der Waals surface area contributed by atoms with E-state index in [1.165, 1.54) is 0 Å². The van der Waals surface area contributed by atoms with Gasteiger partial charge in [-0.25, -0.2) is 0 Å². The van der Waals surface area contributed by atoms with Gasteiger partial charge in [0.15, 0.2) is 0 Å². The molecule has 0 aliphatic rings. The maximum atomic E-state index is 12.5. The third kappa shape index (κ3) is 3.61. The lowest BCUT2D eigenvalue weighted by Crippen LogP contribution is -2.37. The second-order valence-corrected chi connectivity index (χ2v) is 5.90. The second kappa shape index (κ2) is 6.57. The number of amides is 1. The van der Waals surface area contributed by atoms with Crippen LogP contribution in [0.4, 0.5) is 5.69 Å². The molecule has 0 radical (unpaired) electrons. The highest BCUT2D eigenvalue weighted by molar-refractivity contribution is 7.07. The number of hydrogen-bond donors (Lipinski definition) is 1. The van der Waals surface area contributed by atoms with E-state index in [0.717, 1.165) is 16.8 Å². The van der Waals surface area contributed by atoms with Gasteiger partial charge in [-0.3, -0.25) is 4.79 Å². The topological polar surface area (TPSA) is 46.3 Å². The van der Waals surface area contributed by atoms with Crippen molar-refractivity contribution in [2.45, 2.75) is 32.9 Å². The molecular formula is C16H20N2OS. The van der Waals surface area contributed by atoms with E-state index in [2.05, 4.69) is 0 Å². The summed E-state index contributed by atoms with van der Waals surface area (Å²) < 4.78 is 0. The largest absolute Gasteiger partial charge is 0.398 e. The van der Waals surface area contributed by atoms with Gasteiger partial charge in [-0.1, -0.05) is 18.2 Å². The number of hydrogen-bond acceptors (Lipinski definition) is 3. The highest BCUT2D eigenvalue weighted by Gasteiger charge is 2.18. The minimum absolute atomic E-state index is 0.140. The van der Waals surface area contributed by atoms with Crippen molar-refractivity contribution >= 4 is 22.9 Å². The number of rotatable bonds is 5. The van der Waals surface area contributed by atoms with Crippen LogP contribution in [0.15, 0.2) is 41.1 Å². The molecular weight excluding hydrogens is 268 g/mol. The first-order valence-corrected chi connectivity index (χ1v) is 7.66. The number of carbonyl (C=O) groups excluding carboxylic acids is 1. The summed E-state index contributed by atoms with van der Waals surface area (Å²) in [5.74, 6) is 0.140. The van der Waals surface area contributed by atoms with Gasteiger partial charge in [0.2, 0.25) is 5.91 Å². The average molecular weight is 288 g/mol. The highest BCUT2D eigenvalue weighted by Crippen LogP contribution is 2.17. The van der Waals surface area contributed by atoms with Gasteiger partial charge in [0.25, 0.3) is 0 Å². The third-order valence-electron chi connectivity index (χ3n) is 3.27. The molecule has 1 aromatic heterocycles. The van der Waals surface area contributed by atoms with E-state index in [0.29, 0.717) is 13.0 Å². The zero-order chi connectivity index (χ0) is 14.5. The fourth-order valence-electron chi connectivity index (χ4n) is 2.09. The number of nitrogens with two attached hydrogens (primary N) is 1. The predicted octanol–water partition coefficient (Wildman–Crippen LogP) is 3.31. The number of nitrogen functional groups attached to an aromatic ring is 1. The molecule has 1 amide bonds. The molecule has 3 nitrogen and oxygen atoms in total. The smallest absolute Gasteiger partial charge is 0.227 e. The van der Waals surface area contributed by atoms with Gasteiger partial charge >= 0.3 is 0 Å². The summed E-state index contributed by atoms with van der Waals surface area (Å²) in [6, 6.07) is 9.86. The van der Waals surface area contributed by atoms with Crippen LogP contribution in [0.25, 0.3) is 0 Å². The molecule has 20 heavy (non-hydrogen) atoms. The quantitative estimate of drug-likeness (QED) is 0.858. The van der Waals surface area contributed by atoms with Crippen molar-refractivity contribution in [3.63, 3.8) is 0 Å². The van der Waals surface area contributed by atoms with Crippen LogP contribution in [0.5, 0.6) is 0 Å². The number of benzene rings is 1. The van der Waals surface area contributed by atoms with E-state index < -0.39 is 0 Å². The zero-order valence-corrected chi connectivity index (χ0v) is 12.7. The molecule has 2 aromatic rings. The Balaban J connectivity index is 2.11. The lowest BCUT2D eigenvalue weighted by atomic mass is 10.1. The van der Waals surface area contributed by atoms with Gasteiger partial charge in [-0.2, -0.15) is 11.3 Å². The first kappa shape index (κ1) is 14.6. The standard InChI is InChI=1S/C16H20N2OS/c1-12(2)18(10-14-5-3-4-6-15(14)17)16(19)9-13-7-8-20-11-13/h3-8,11-12H,9-10,17H2,1-2H3. The van der Waals surface area contributed by atoms with Crippen LogP contribution >= 0.6 is 11.3 Å². The molecule has 1 heterocycles. The molecule has 0 bridgehead atoms. The second-order valence-electron chi connectivity index (χ2n) is 5.12. The van der Waals surface area contributed by atoms with Gasteiger partial charge in [0.05, 0.1) is 6.42 Å². The summed E-state index contributed by atoms with van der Waals surface area (Å²) in [4.78, 5) is 14.3. The molecule has 1 aromatic carbocycles. The normalized spacial score (nSPS) is 10.8. The lowest BCUT2D eigenvalue weighted by molar-refractivity contribution is -0.132. The Labute approximate surface area is 124 Å². The summed E-state index contributed by atoms with van der Waals surface area (Å²) >= 11 is 1.62. The molecule has 106 valence electrons. The highest BCUT2D eigenvalue weighted by atomic mass is 32.1. The van der Waals surface area contributed by atoms with Crippen molar-refractivity contribution < 1.29 is 4.79 Å².